The van der Waals surface area contributed by atoms with Crippen molar-refractivity contribution in [3.05, 3.63) is 157 Å². The average molecular weight is 604 g/mol. The Bertz CT molecular complexity index is 2670. The van der Waals surface area contributed by atoms with Crippen molar-refractivity contribution >= 4 is 54.3 Å². The zero-order valence-electron chi connectivity index (χ0n) is 27.8. The van der Waals surface area contributed by atoms with Gasteiger partial charge in [0.05, 0.1) is 1.37 Å². The molecule has 224 valence electrons. The monoisotopic (exact) mass is 603 g/mol. The summed E-state index contributed by atoms with van der Waals surface area (Å²) in [6.07, 6.45) is 0. The van der Waals surface area contributed by atoms with Gasteiger partial charge < -0.3 is 4.42 Å². The van der Waals surface area contributed by atoms with Gasteiger partial charge in [0, 0.05) is 10.8 Å². The summed E-state index contributed by atoms with van der Waals surface area (Å²) < 4.78 is 14.6. The highest BCUT2D eigenvalue weighted by atomic mass is 16.3. The molecule has 0 aliphatic heterocycles. The molecule has 0 saturated carbocycles. The second-order valence-corrected chi connectivity index (χ2v) is 13.7. The number of hydrogen-bond acceptors (Lipinski definition) is 1. The summed E-state index contributed by atoms with van der Waals surface area (Å²) in [5, 5.41) is 9.44. The standard InChI is InChI=1S/C46H34O/c1-46(2,3)34-24-25-39-42(28-34)47-41-21-11-20-40(45(39)41)44-37-18-8-6-16-35(37)43(36-17-7-9-19-38(36)44)33-15-10-14-31(27-33)32-23-22-29-12-4-5-13-30(29)26-32/h4-28H,1-3H3/i4D. The van der Waals surface area contributed by atoms with Crippen molar-refractivity contribution in [2.24, 2.45) is 0 Å². The summed E-state index contributed by atoms with van der Waals surface area (Å²) in [5.74, 6) is 0. The van der Waals surface area contributed by atoms with Crippen LogP contribution >= 0.6 is 0 Å². The normalized spacial score (nSPS) is 12.4. The van der Waals surface area contributed by atoms with Crippen LogP contribution in [-0.4, -0.2) is 0 Å². The third-order valence-corrected chi connectivity index (χ3v) is 9.73. The fourth-order valence-corrected chi connectivity index (χ4v) is 7.39. The second kappa shape index (κ2) is 10.4. The first-order valence-corrected chi connectivity index (χ1v) is 16.3. The molecule has 0 atom stereocenters. The van der Waals surface area contributed by atoms with Crippen LogP contribution in [0.25, 0.3) is 87.6 Å². The molecule has 0 N–H and O–H groups in total. The molecule has 0 radical (unpaired) electrons. The van der Waals surface area contributed by atoms with Crippen LogP contribution in [0, 0.1) is 0 Å². The van der Waals surface area contributed by atoms with Gasteiger partial charge in [-0.05, 0) is 101 Å². The van der Waals surface area contributed by atoms with Gasteiger partial charge in [-0.25, -0.2) is 0 Å². The molecule has 0 aliphatic carbocycles. The van der Waals surface area contributed by atoms with Crippen molar-refractivity contribution in [1.82, 2.24) is 0 Å². The van der Waals surface area contributed by atoms with Gasteiger partial charge in [-0.3, -0.25) is 0 Å². The highest BCUT2D eigenvalue weighted by Crippen LogP contribution is 2.47. The van der Waals surface area contributed by atoms with Crippen LogP contribution in [0.1, 0.15) is 27.7 Å². The third-order valence-electron chi connectivity index (χ3n) is 9.73. The van der Waals surface area contributed by atoms with E-state index in [2.05, 4.69) is 148 Å². The molecule has 1 aromatic heterocycles. The number of hydrogen-bond donors (Lipinski definition) is 0. The minimum atomic E-state index is 0.0378. The van der Waals surface area contributed by atoms with Crippen LogP contribution in [0.4, 0.5) is 0 Å². The Hall–Kier alpha value is -5.66. The van der Waals surface area contributed by atoms with Crippen molar-refractivity contribution in [3.63, 3.8) is 0 Å². The molecule has 0 saturated heterocycles. The first-order chi connectivity index (χ1) is 23.3. The lowest BCUT2D eigenvalue weighted by molar-refractivity contribution is 0.587. The molecule has 1 heteroatoms. The maximum Gasteiger partial charge on any atom is 0.136 e. The molecule has 0 amide bonds. The molecule has 0 unspecified atom stereocenters. The molecule has 9 aromatic rings. The van der Waals surface area contributed by atoms with E-state index in [4.69, 9.17) is 5.79 Å². The van der Waals surface area contributed by atoms with E-state index < -0.39 is 0 Å². The average Bonchev–Trinajstić information content (AvgIpc) is 3.48. The molecule has 0 spiro atoms. The van der Waals surface area contributed by atoms with Crippen molar-refractivity contribution in [1.29, 1.82) is 0 Å². The number of rotatable bonds is 3. The molecule has 8 aromatic carbocycles. The predicted molar refractivity (Wildman–Crippen MR) is 201 cm³/mol. The van der Waals surface area contributed by atoms with E-state index in [1.165, 1.54) is 60.5 Å². The fourth-order valence-electron chi connectivity index (χ4n) is 7.39. The second-order valence-electron chi connectivity index (χ2n) is 13.7. The van der Waals surface area contributed by atoms with E-state index in [9.17, 15) is 0 Å². The Balaban J connectivity index is 1.30. The minimum absolute atomic E-state index is 0.0378. The van der Waals surface area contributed by atoms with Crippen LogP contribution in [0.15, 0.2) is 156 Å². The summed E-state index contributed by atoms with van der Waals surface area (Å²) in [5.41, 5.74) is 10.3. The molecule has 47 heavy (non-hydrogen) atoms. The summed E-state index contributed by atoms with van der Waals surface area (Å²) in [6.45, 7) is 6.73. The molecule has 1 nitrogen and oxygen atoms in total. The lowest BCUT2D eigenvalue weighted by atomic mass is 9.84. The van der Waals surface area contributed by atoms with Gasteiger partial charge in [-0.15, -0.1) is 0 Å². The molecule has 0 aliphatic rings. The van der Waals surface area contributed by atoms with Gasteiger partial charge in [0.2, 0.25) is 0 Å². The van der Waals surface area contributed by atoms with Crippen molar-refractivity contribution in [2.45, 2.75) is 26.2 Å². The van der Waals surface area contributed by atoms with Gasteiger partial charge >= 0.3 is 0 Å². The maximum absolute atomic E-state index is 8.01. The zero-order valence-corrected chi connectivity index (χ0v) is 26.8. The van der Waals surface area contributed by atoms with Crippen LogP contribution < -0.4 is 0 Å². The summed E-state index contributed by atoms with van der Waals surface area (Å²) >= 11 is 0. The Morgan fingerprint density at radius 3 is 1.89 bits per heavy atom. The lowest BCUT2D eigenvalue weighted by Crippen LogP contribution is -2.10. The van der Waals surface area contributed by atoms with Gasteiger partial charge in [0.25, 0.3) is 0 Å². The number of benzene rings is 8. The van der Waals surface area contributed by atoms with E-state index in [-0.39, 0.29) is 5.41 Å². The molecule has 0 fully saturated rings. The van der Waals surface area contributed by atoms with Crippen LogP contribution in [0.2, 0.25) is 0 Å². The van der Waals surface area contributed by atoms with Gasteiger partial charge in [0.1, 0.15) is 11.2 Å². The van der Waals surface area contributed by atoms with E-state index >= 15 is 0 Å². The molecule has 1 heterocycles. The van der Waals surface area contributed by atoms with Gasteiger partial charge in [0.15, 0.2) is 0 Å². The highest BCUT2D eigenvalue weighted by Gasteiger charge is 2.21. The smallest absolute Gasteiger partial charge is 0.136 e. The molecule has 0 bridgehead atoms. The lowest BCUT2D eigenvalue weighted by Gasteiger charge is -2.19. The van der Waals surface area contributed by atoms with E-state index in [0.717, 1.165) is 32.7 Å². The van der Waals surface area contributed by atoms with Crippen LogP contribution in [0.5, 0.6) is 0 Å². The topological polar surface area (TPSA) is 13.1 Å². The largest absolute Gasteiger partial charge is 0.456 e. The Morgan fingerprint density at radius 2 is 1.15 bits per heavy atom. The number of fused-ring (bicyclic) bond motifs is 6. The molecular weight excluding hydrogens is 569 g/mol. The van der Waals surface area contributed by atoms with Crippen molar-refractivity contribution in [3.8, 4) is 33.4 Å². The number of furan rings is 1. The first-order valence-electron chi connectivity index (χ1n) is 16.8. The highest BCUT2D eigenvalue weighted by molar-refractivity contribution is 6.25. The third kappa shape index (κ3) is 4.46. The Kier molecular flexibility index (Phi) is 5.90. The Morgan fingerprint density at radius 1 is 0.468 bits per heavy atom. The summed E-state index contributed by atoms with van der Waals surface area (Å²) in [7, 11) is 0. The zero-order chi connectivity index (χ0) is 32.6. The van der Waals surface area contributed by atoms with E-state index in [1.807, 2.05) is 18.2 Å². The quantitative estimate of drug-likeness (QED) is 0.183. The van der Waals surface area contributed by atoms with E-state index in [0.29, 0.717) is 6.04 Å². The summed E-state index contributed by atoms with van der Waals surface area (Å²) in [6, 6.07) is 52.7. The van der Waals surface area contributed by atoms with Crippen molar-refractivity contribution < 1.29 is 5.79 Å². The Labute approximate surface area is 276 Å². The molecule has 9 rings (SSSR count). The minimum Gasteiger partial charge on any atom is -0.456 e. The van der Waals surface area contributed by atoms with Crippen LogP contribution in [0.3, 0.4) is 0 Å². The van der Waals surface area contributed by atoms with Crippen LogP contribution in [-0.2, 0) is 5.41 Å². The van der Waals surface area contributed by atoms with E-state index in [1.54, 1.807) is 0 Å². The van der Waals surface area contributed by atoms with Gasteiger partial charge in [-0.1, -0.05) is 148 Å². The predicted octanol–water partition coefficient (Wildman–Crippen LogP) is 13.3. The SMILES string of the molecule is [2H]c1ccc2cc(-c3cccc(-c4c5ccccc5c(-c5cccc6oc7cc(C(C)(C)C)ccc7c56)c5ccccc45)c3)ccc2c1. The van der Waals surface area contributed by atoms with Gasteiger partial charge in [-0.2, -0.15) is 0 Å². The maximum atomic E-state index is 8.01. The summed E-state index contributed by atoms with van der Waals surface area (Å²) in [4.78, 5) is 0. The first kappa shape index (κ1) is 26.5. The fraction of sp³-hybridized carbons (Fsp3) is 0.0870. The van der Waals surface area contributed by atoms with Crippen molar-refractivity contribution in [2.75, 3.05) is 0 Å². The molecular formula is C46H34O.